The van der Waals surface area contributed by atoms with Crippen LogP contribution in [0.1, 0.15) is 36.3 Å². The number of benzene rings is 1. The highest BCUT2D eigenvalue weighted by Crippen LogP contribution is 2.43. The summed E-state index contributed by atoms with van der Waals surface area (Å²) < 4.78 is 0. The topological polar surface area (TPSA) is 104 Å². The van der Waals surface area contributed by atoms with Gasteiger partial charge in [-0.3, -0.25) is 15.0 Å². The molecule has 1 aliphatic rings. The normalized spacial score (nSPS) is 15.2. The summed E-state index contributed by atoms with van der Waals surface area (Å²) in [6, 6.07) is 10.2. The standard InChI is InChI=1S/C21H21N4O3/c1-21(2)11-16-18(17(26)12-21)20(19(24-16)13-7-9-22-10-8-13)23-14-3-5-15(6-4-14)25(27)28/h3-10,23-24,27H,11-12H2,1-2H3/q-1. The average Bonchev–Trinajstić information content (AvgIpc) is 3.00. The number of pyridine rings is 1. The van der Waals surface area contributed by atoms with Crippen molar-refractivity contribution in [2.75, 3.05) is 10.5 Å². The third-order valence-electron chi connectivity index (χ3n) is 4.98. The zero-order valence-electron chi connectivity index (χ0n) is 15.7. The van der Waals surface area contributed by atoms with E-state index in [-0.39, 0.29) is 22.1 Å². The van der Waals surface area contributed by atoms with Crippen LogP contribution in [0.4, 0.5) is 17.1 Å². The molecule has 0 spiro atoms. The Morgan fingerprint density at radius 1 is 1.14 bits per heavy atom. The zero-order chi connectivity index (χ0) is 19.9. The highest BCUT2D eigenvalue weighted by molar-refractivity contribution is 6.07. The lowest BCUT2D eigenvalue weighted by Crippen LogP contribution is -2.26. The lowest BCUT2D eigenvalue weighted by atomic mass is 9.76. The number of nitrogens with zero attached hydrogens (tertiary/aromatic N) is 2. The molecule has 144 valence electrons. The van der Waals surface area contributed by atoms with E-state index >= 15 is 0 Å². The van der Waals surface area contributed by atoms with Gasteiger partial charge in [-0.05, 0) is 48.2 Å². The van der Waals surface area contributed by atoms with E-state index < -0.39 is 0 Å². The predicted molar refractivity (Wildman–Crippen MR) is 108 cm³/mol. The average molecular weight is 377 g/mol. The smallest absolute Gasteiger partial charge is 0.167 e. The molecule has 0 unspecified atom stereocenters. The number of fused-ring (bicyclic) bond motifs is 1. The van der Waals surface area contributed by atoms with E-state index in [4.69, 9.17) is 5.21 Å². The maximum atomic E-state index is 12.9. The van der Waals surface area contributed by atoms with Gasteiger partial charge in [-0.2, -0.15) is 0 Å². The molecule has 1 aliphatic carbocycles. The minimum atomic E-state index is -0.185. The maximum Gasteiger partial charge on any atom is 0.167 e. The first-order chi connectivity index (χ1) is 13.3. The molecule has 1 aromatic carbocycles. The summed E-state index contributed by atoms with van der Waals surface area (Å²) in [5.74, 6) is 0.100. The minimum Gasteiger partial charge on any atom is -0.733 e. The largest absolute Gasteiger partial charge is 0.733 e. The number of Topliss-reactive ketones (excluding diaryl/α,β-unsaturated/α-hetero) is 1. The molecule has 2 heterocycles. The van der Waals surface area contributed by atoms with Crippen LogP contribution >= 0.6 is 0 Å². The fraction of sp³-hybridized carbons (Fsp3) is 0.238. The van der Waals surface area contributed by atoms with Crippen LogP contribution in [0.15, 0.2) is 48.8 Å². The van der Waals surface area contributed by atoms with E-state index in [1.165, 1.54) is 12.1 Å². The van der Waals surface area contributed by atoms with Crippen LogP contribution < -0.4 is 10.5 Å². The van der Waals surface area contributed by atoms with Crippen LogP contribution in [0.3, 0.4) is 0 Å². The quantitative estimate of drug-likeness (QED) is 0.571. The van der Waals surface area contributed by atoms with Crippen LogP contribution in [0.5, 0.6) is 0 Å². The Morgan fingerprint density at radius 2 is 1.82 bits per heavy atom. The lowest BCUT2D eigenvalue weighted by molar-refractivity contribution is 0.0912. The minimum absolute atomic E-state index is 0.0952. The van der Waals surface area contributed by atoms with Crippen molar-refractivity contribution < 1.29 is 10.0 Å². The summed E-state index contributed by atoms with van der Waals surface area (Å²) in [7, 11) is 0. The molecular weight excluding hydrogens is 356 g/mol. The van der Waals surface area contributed by atoms with Crippen molar-refractivity contribution in [1.29, 1.82) is 0 Å². The van der Waals surface area contributed by atoms with Gasteiger partial charge in [0.25, 0.3) is 0 Å². The second-order valence-corrected chi connectivity index (χ2v) is 7.85. The van der Waals surface area contributed by atoms with Gasteiger partial charge in [0.05, 0.1) is 22.6 Å². The number of carbonyl (C=O) groups is 1. The zero-order valence-corrected chi connectivity index (χ0v) is 15.7. The predicted octanol–water partition coefficient (Wildman–Crippen LogP) is 4.67. The second-order valence-electron chi connectivity index (χ2n) is 7.85. The van der Waals surface area contributed by atoms with Crippen LogP contribution in [0.25, 0.3) is 11.3 Å². The molecule has 0 saturated heterocycles. The molecule has 3 aromatic rings. The molecule has 0 saturated carbocycles. The van der Waals surface area contributed by atoms with Gasteiger partial charge in [-0.1, -0.05) is 13.8 Å². The Labute approximate surface area is 162 Å². The summed E-state index contributed by atoms with van der Waals surface area (Å²) in [5.41, 5.74) is 4.83. The summed E-state index contributed by atoms with van der Waals surface area (Å²) in [5, 5.41) is 23.2. The van der Waals surface area contributed by atoms with Crippen molar-refractivity contribution in [2.45, 2.75) is 26.7 Å². The molecule has 7 heteroatoms. The van der Waals surface area contributed by atoms with Crippen LogP contribution in [-0.4, -0.2) is 21.0 Å². The molecule has 0 aliphatic heterocycles. The van der Waals surface area contributed by atoms with Gasteiger partial charge in [-0.25, -0.2) is 0 Å². The molecule has 2 aromatic heterocycles. The molecule has 7 nitrogen and oxygen atoms in total. The van der Waals surface area contributed by atoms with Crippen molar-refractivity contribution in [3.63, 3.8) is 0 Å². The number of aromatic nitrogens is 2. The number of hydrogen-bond donors (Lipinski definition) is 3. The fourth-order valence-corrected chi connectivity index (χ4v) is 3.73. The van der Waals surface area contributed by atoms with E-state index in [2.05, 4.69) is 29.1 Å². The summed E-state index contributed by atoms with van der Waals surface area (Å²) >= 11 is 0. The van der Waals surface area contributed by atoms with Crippen molar-refractivity contribution in [3.8, 4) is 11.3 Å². The van der Waals surface area contributed by atoms with E-state index in [1.54, 1.807) is 24.5 Å². The third kappa shape index (κ3) is 3.37. The van der Waals surface area contributed by atoms with Crippen LogP contribution in [0, 0.1) is 10.6 Å². The highest BCUT2D eigenvalue weighted by atomic mass is 16.8. The highest BCUT2D eigenvalue weighted by Gasteiger charge is 2.35. The van der Waals surface area contributed by atoms with E-state index in [0.717, 1.165) is 29.1 Å². The molecule has 0 amide bonds. The van der Waals surface area contributed by atoms with Gasteiger partial charge in [0.2, 0.25) is 0 Å². The number of nitrogens with one attached hydrogen (secondary N) is 2. The number of hydrogen-bond acceptors (Lipinski definition) is 6. The number of aromatic amines is 1. The summed E-state index contributed by atoms with van der Waals surface area (Å²) in [6.45, 7) is 4.19. The van der Waals surface area contributed by atoms with E-state index in [0.29, 0.717) is 17.7 Å². The van der Waals surface area contributed by atoms with Crippen molar-refractivity contribution in [3.05, 3.63) is 65.3 Å². The van der Waals surface area contributed by atoms with E-state index in [9.17, 15) is 10.0 Å². The summed E-state index contributed by atoms with van der Waals surface area (Å²) in [4.78, 5) is 20.5. The van der Waals surface area contributed by atoms with Crippen LogP contribution in [0.2, 0.25) is 0 Å². The number of rotatable bonds is 4. The molecule has 28 heavy (non-hydrogen) atoms. The van der Waals surface area contributed by atoms with Gasteiger partial charge in [-0.15, -0.1) is 0 Å². The molecule has 0 fully saturated rings. The molecular formula is C21H21N4O3-. The maximum absolute atomic E-state index is 12.9. The van der Waals surface area contributed by atoms with Crippen LogP contribution in [-0.2, 0) is 6.42 Å². The summed E-state index contributed by atoms with van der Waals surface area (Å²) in [6.07, 6.45) is 4.69. The number of H-pyrrole nitrogens is 1. The Kier molecular flexibility index (Phi) is 4.41. The SMILES string of the molecule is CC1(C)CC(=O)c2c([nH]c(-c3ccncc3)c2Nc2ccc(N([O-])O)cc2)C1. The first-order valence-corrected chi connectivity index (χ1v) is 9.06. The lowest BCUT2D eigenvalue weighted by Gasteiger charge is -2.28. The first-order valence-electron chi connectivity index (χ1n) is 9.06. The molecule has 0 atom stereocenters. The number of carbonyl (C=O) groups excluding carboxylic acids is 1. The third-order valence-corrected chi connectivity index (χ3v) is 4.98. The Hall–Kier alpha value is -3.16. The molecule has 3 N–H and O–H groups in total. The van der Waals surface area contributed by atoms with Gasteiger partial charge in [0.1, 0.15) is 0 Å². The van der Waals surface area contributed by atoms with Gasteiger partial charge < -0.3 is 20.7 Å². The van der Waals surface area contributed by atoms with E-state index in [1.807, 2.05) is 12.1 Å². The van der Waals surface area contributed by atoms with Gasteiger partial charge in [0.15, 0.2) is 5.78 Å². The van der Waals surface area contributed by atoms with Gasteiger partial charge >= 0.3 is 0 Å². The van der Waals surface area contributed by atoms with Crippen molar-refractivity contribution in [1.82, 2.24) is 9.97 Å². The number of anilines is 3. The molecule has 0 bridgehead atoms. The first kappa shape index (κ1) is 18.2. The Bertz CT molecular complexity index is 1010. The monoisotopic (exact) mass is 377 g/mol. The Balaban J connectivity index is 1.80. The fourth-order valence-electron chi connectivity index (χ4n) is 3.73. The van der Waals surface area contributed by atoms with Crippen molar-refractivity contribution >= 4 is 22.8 Å². The second kappa shape index (κ2) is 6.78. The van der Waals surface area contributed by atoms with Crippen molar-refractivity contribution in [2.24, 2.45) is 5.41 Å². The Morgan fingerprint density at radius 3 is 2.46 bits per heavy atom. The molecule has 0 radical (unpaired) electrons. The molecule has 4 rings (SSSR count). The van der Waals surface area contributed by atoms with Gasteiger partial charge in [0, 0.05) is 35.8 Å². The number of ketones is 1.